The van der Waals surface area contributed by atoms with Gasteiger partial charge < -0.3 is 14.6 Å². The van der Waals surface area contributed by atoms with Crippen molar-refractivity contribution in [3.05, 3.63) is 40.7 Å². The van der Waals surface area contributed by atoms with Crippen LogP contribution in [0.1, 0.15) is 35.2 Å². The first-order valence-electron chi connectivity index (χ1n) is 9.04. The van der Waals surface area contributed by atoms with Gasteiger partial charge in [0.15, 0.2) is 0 Å². The van der Waals surface area contributed by atoms with Crippen molar-refractivity contribution in [2.24, 2.45) is 0 Å². The summed E-state index contributed by atoms with van der Waals surface area (Å²) in [6, 6.07) is 7.63. The van der Waals surface area contributed by atoms with Crippen LogP contribution < -0.4 is 5.32 Å². The lowest BCUT2D eigenvalue weighted by Gasteiger charge is -2.16. The van der Waals surface area contributed by atoms with E-state index in [1.54, 1.807) is 18.3 Å². The van der Waals surface area contributed by atoms with E-state index in [1.165, 1.54) is 11.8 Å². The van der Waals surface area contributed by atoms with Crippen molar-refractivity contribution in [2.75, 3.05) is 17.7 Å². The molecule has 0 unspecified atom stereocenters. The molecular weight excluding hydrogens is 374 g/mol. The van der Waals surface area contributed by atoms with Gasteiger partial charge in [0.1, 0.15) is 23.0 Å². The van der Waals surface area contributed by atoms with Crippen LogP contribution in [0.4, 0.5) is 5.82 Å². The van der Waals surface area contributed by atoms with Gasteiger partial charge in [-0.1, -0.05) is 11.8 Å². The maximum absolute atomic E-state index is 12.6. The van der Waals surface area contributed by atoms with Crippen molar-refractivity contribution in [2.45, 2.75) is 44.4 Å². The van der Waals surface area contributed by atoms with Gasteiger partial charge >= 0.3 is 0 Å². The molecule has 0 bridgehead atoms. The van der Waals surface area contributed by atoms with Crippen molar-refractivity contribution in [3.63, 3.8) is 0 Å². The highest BCUT2D eigenvalue weighted by molar-refractivity contribution is 8.00. The van der Waals surface area contributed by atoms with Crippen LogP contribution in [0.25, 0.3) is 0 Å². The quantitative estimate of drug-likeness (QED) is 0.754. The lowest BCUT2D eigenvalue weighted by molar-refractivity contribution is -0.113. The Labute approximate surface area is 168 Å². The molecule has 2 aromatic rings. The van der Waals surface area contributed by atoms with Gasteiger partial charge in [0.05, 0.1) is 29.5 Å². The Hall–Kier alpha value is -2.81. The van der Waals surface area contributed by atoms with Crippen molar-refractivity contribution >= 4 is 23.5 Å². The van der Waals surface area contributed by atoms with Crippen molar-refractivity contribution in [3.8, 4) is 12.1 Å². The molecule has 1 atom stereocenters. The molecule has 144 valence electrons. The molecule has 1 N–H and O–H groups in total. The van der Waals surface area contributed by atoms with Crippen LogP contribution in [0.15, 0.2) is 23.4 Å². The summed E-state index contributed by atoms with van der Waals surface area (Å²) < 4.78 is 7.69. The fourth-order valence-electron chi connectivity index (χ4n) is 3.24. The maximum Gasteiger partial charge on any atom is 0.235 e. The molecule has 3 heterocycles. The molecule has 1 saturated heterocycles. The van der Waals surface area contributed by atoms with E-state index >= 15 is 0 Å². The number of carbonyl (C=O) groups excluding carboxylic acids is 1. The summed E-state index contributed by atoms with van der Waals surface area (Å²) in [4.78, 5) is 16.7. The minimum atomic E-state index is -0.248. The monoisotopic (exact) mass is 395 g/mol. The lowest BCUT2D eigenvalue weighted by Crippen LogP contribution is -2.22. The number of rotatable bonds is 6. The van der Waals surface area contributed by atoms with Crippen LogP contribution in [0.5, 0.6) is 0 Å². The number of pyridine rings is 1. The van der Waals surface area contributed by atoms with Crippen LogP contribution >= 0.6 is 11.8 Å². The highest BCUT2D eigenvalue weighted by atomic mass is 32.2. The topological polar surface area (TPSA) is 104 Å². The first-order chi connectivity index (χ1) is 13.5. The molecule has 1 fully saturated rings. The Bertz CT molecular complexity index is 964. The van der Waals surface area contributed by atoms with Crippen LogP contribution in [0.3, 0.4) is 0 Å². The van der Waals surface area contributed by atoms with Crippen LogP contribution in [-0.2, 0) is 16.1 Å². The fourth-order valence-corrected chi connectivity index (χ4v) is 3.99. The molecule has 3 rings (SSSR count). The van der Waals surface area contributed by atoms with Crippen molar-refractivity contribution in [1.82, 2.24) is 9.55 Å². The number of carbonyl (C=O) groups is 1. The zero-order chi connectivity index (χ0) is 20.1. The average Bonchev–Trinajstić information content (AvgIpc) is 3.29. The van der Waals surface area contributed by atoms with Crippen molar-refractivity contribution < 1.29 is 9.53 Å². The first kappa shape index (κ1) is 19.9. The molecule has 0 spiro atoms. The number of hydrogen-bond donors (Lipinski definition) is 1. The Kier molecular flexibility index (Phi) is 6.35. The van der Waals surface area contributed by atoms with Crippen molar-refractivity contribution in [1.29, 1.82) is 10.5 Å². The van der Waals surface area contributed by atoms with E-state index in [-0.39, 0.29) is 17.8 Å². The summed E-state index contributed by atoms with van der Waals surface area (Å²) in [6.07, 6.45) is 3.68. The number of anilines is 1. The fraction of sp³-hybridized carbons (Fsp3) is 0.400. The zero-order valence-corrected chi connectivity index (χ0v) is 16.7. The molecule has 1 amide bonds. The number of thioether (sulfide) groups is 1. The molecule has 2 aromatic heterocycles. The molecule has 8 heteroatoms. The van der Waals surface area contributed by atoms with Crippen LogP contribution in [0.2, 0.25) is 0 Å². The minimum absolute atomic E-state index is 0.0915. The number of amides is 1. The molecule has 0 aliphatic carbocycles. The third kappa shape index (κ3) is 4.19. The van der Waals surface area contributed by atoms with E-state index in [4.69, 9.17) is 10.00 Å². The highest BCUT2D eigenvalue weighted by Crippen LogP contribution is 2.29. The predicted octanol–water partition coefficient (Wildman–Crippen LogP) is 3.15. The number of ether oxygens (including phenoxy) is 1. The Morgan fingerprint density at radius 1 is 1.43 bits per heavy atom. The highest BCUT2D eigenvalue weighted by Gasteiger charge is 2.24. The van der Waals surface area contributed by atoms with E-state index in [9.17, 15) is 10.1 Å². The molecule has 28 heavy (non-hydrogen) atoms. The maximum atomic E-state index is 12.6. The normalized spacial score (nSPS) is 15.8. The van der Waals surface area contributed by atoms with E-state index in [2.05, 4.69) is 22.4 Å². The summed E-state index contributed by atoms with van der Waals surface area (Å²) in [7, 11) is 0. The largest absolute Gasteiger partial charge is 0.376 e. The number of aromatic nitrogens is 2. The Balaban J connectivity index is 1.77. The second-order valence-corrected chi connectivity index (χ2v) is 7.56. The number of nitrogens with one attached hydrogen (secondary N) is 1. The molecule has 7 nitrogen and oxygen atoms in total. The number of nitrogens with zero attached hydrogens (tertiary/aromatic N) is 4. The van der Waals surface area contributed by atoms with Gasteiger partial charge in [-0.2, -0.15) is 10.5 Å². The molecule has 0 aromatic carbocycles. The van der Waals surface area contributed by atoms with E-state index in [1.807, 2.05) is 18.4 Å². The smallest absolute Gasteiger partial charge is 0.235 e. The van der Waals surface area contributed by atoms with Gasteiger partial charge in [-0.15, -0.1) is 0 Å². The van der Waals surface area contributed by atoms with Gasteiger partial charge in [0.2, 0.25) is 5.91 Å². The lowest BCUT2D eigenvalue weighted by atomic mass is 10.2. The molecule has 0 radical (unpaired) electrons. The summed E-state index contributed by atoms with van der Waals surface area (Å²) in [6.45, 7) is 5.19. The van der Waals surface area contributed by atoms with E-state index < -0.39 is 0 Å². The molecule has 0 saturated carbocycles. The van der Waals surface area contributed by atoms with Crippen LogP contribution in [-0.4, -0.2) is 33.9 Å². The summed E-state index contributed by atoms with van der Waals surface area (Å²) in [5.41, 5.74) is 2.72. The predicted molar refractivity (Wildman–Crippen MR) is 106 cm³/mol. The third-order valence-corrected chi connectivity index (χ3v) is 5.85. The number of hydrogen-bond acceptors (Lipinski definition) is 6. The summed E-state index contributed by atoms with van der Waals surface area (Å²) >= 11 is 1.20. The van der Waals surface area contributed by atoms with Gasteiger partial charge in [0.25, 0.3) is 0 Å². The van der Waals surface area contributed by atoms with Crippen LogP contribution in [0, 0.1) is 36.5 Å². The van der Waals surface area contributed by atoms with E-state index in [0.29, 0.717) is 28.5 Å². The minimum Gasteiger partial charge on any atom is -0.376 e. The summed E-state index contributed by atoms with van der Waals surface area (Å²) in [5, 5.41) is 22.1. The number of nitriles is 2. The van der Waals surface area contributed by atoms with Gasteiger partial charge in [-0.3, -0.25) is 4.79 Å². The average molecular weight is 395 g/mol. The molecule has 1 aliphatic rings. The van der Waals surface area contributed by atoms with Gasteiger partial charge in [-0.05, 0) is 44.4 Å². The van der Waals surface area contributed by atoms with Gasteiger partial charge in [0, 0.05) is 18.5 Å². The summed E-state index contributed by atoms with van der Waals surface area (Å²) in [5.74, 6) is 0.363. The zero-order valence-electron chi connectivity index (χ0n) is 15.9. The van der Waals surface area contributed by atoms with Gasteiger partial charge in [-0.25, -0.2) is 4.98 Å². The second kappa shape index (κ2) is 8.92. The Morgan fingerprint density at radius 3 is 2.93 bits per heavy atom. The molecular formula is C20H21N5O2S. The first-order valence-corrected chi connectivity index (χ1v) is 10.0. The third-order valence-electron chi connectivity index (χ3n) is 4.84. The molecule has 1 aliphatic heterocycles. The standard InChI is InChI=1S/C20H21N5O2S/c1-13-14(2)25(11-16-6-4-8-27-16)19(17(13)10-22)24-18(26)12-28-20-15(9-21)5-3-7-23-20/h3,5,7,16H,4,6,8,11-12H2,1-2H3,(H,24,26)/t16-/m1/s1. The van der Waals surface area contributed by atoms with E-state index in [0.717, 1.165) is 30.7 Å². The SMILES string of the molecule is Cc1c(C#N)c(NC(=O)CSc2ncccc2C#N)n(C[C@H]2CCCO2)c1C. The Morgan fingerprint density at radius 2 is 2.25 bits per heavy atom. The second-order valence-electron chi connectivity index (χ2n) is 6.60.